The summed E-state index contributed by atoms with van der Waals surface area (Å²) in [5, 5.41) is 16.1. The Kier molecular flexibility index (Phi) is 8.07. The number of guanidine groups is 1. The SMILES string of the molecule is CCNC(=NCCC(O)(c1nccn1C)C(F)(F)F)N(C)CC(=O)NC(C)(C)C. The predicted octanol–water partition coefficient (Wildman–Crippen LogP) is 1.37. The van der Waals surface area contributed by atoms with E-state index in [2.05, 4.69) is 20.6 Å². The van der Waals surface area contributed by atoms with Crippen molar-refractivity contribution < 1.29 is 23.1 Å². The molecule has 0 saturated carbocycles. The monoisotopic (exact) mass is 420 g/mol. The van der Waals surface area contributed by atoms with E-state index in [0.29, 0.717) is 6.54 Å². The van der Waals surface area contributed by atoms with E-state index in [1.165, 1.54) is 24.3 Å². The summed E-state index contributed by atoms with van der Waals surface area (Å²) in [4.78, 5) is 21.4. The molecule has 0 saturated heterocycles. The van der Waals surface area contributed by atoms with Crippen molar-refractivity contribution in [3.8, 4) is 0 Å². The topological polar surface area (TPSA) is 94.8 Å². The van der Waals surface area contributed by atoms with Crippen LogP contribution in [0.5, 0.6) is 0 Å². The van der Waals surface area contributed by atoms with Crippen LogP contribution in [0.15, 0.2) is 17.4 Å². The molecule has 0 aliphatic carbocycles. The highest BCUT2D eigenvalue weighted by Gasteiger charge is 2.57. The summed E-state index contributed by atoms with van der Waals surface area (Å²) in [5.41, 5.74) is -3.53. The fraction of sp³-hybridized carbons (Fsp3) is 0.722. The normalized spacial score (nSPS) is 15.0. The Morgan fingerprint density at radius 2 is 1.97 bits per heavy atom. The smallest absolute Gasteiger partial charge is 0.374 e. The van der Waals surface area contributed by atoms with Crippen LogP contribution in [0, 0.1) is 0 Å². The first-order chi connectivity index (χ1) is 13.2. The van der Waals surface area contributed by atoms with Gasteiger partial charge in [-0.05, 0) is 27.7 Å². The van der Waals surface area contributed by atoms with E-state index in [4.69, 9.17) is 0 Å². The maximum Gasteiger partial charge on any atom is 0.424 e. The van der Waals surface area contributed by atoms with Gasteiger partial charge in [0.2, 0.25) is 11.5 Å². The Bertz CT molecular complexity index is 711. The van der Waals surface area contributed by atoms with Gasteiger partial charge in [-0.1, -0.05) is 0 Å². The standard InChI is InChI=1S/C18H31F3N6O2/c1-7-22-15(27(6)12-13(28)25-16(2,3)4)24-9-8-17(29,18(19,20)21)14-23-10-11-26(14)5/h10-11,29H,7-9,12H2,1-6H3,(H,22,24)(H,25,28). The van der Waals surface area contributed by atoms with E-state index in [1.54, 1.807) is 14.0 Å². The molecule has 3 N–H and O–H groups in total. The largest absolute Gasteiger partial charge is 0.424 e. The number of carbonyl (C=O) groups excluding carboxylic acids is 1. The minimum Gasteiger partial charge on any atom is -0.374 e. The zero-order chi connectivity index (χ0) is 22.5. The number of nitrogens with zero attached hydrogens (tertiary/aromatic N) is 4. The lowest BCUT2D eigenvalue weighted by atomic mass is 9.98. The van der Waals surface area contributed by atoms with E-state index in [1.807, 2.05) is 20.8 Å². The number of hydrogen-bond acceptors (Lipinski definition) is 4. The molecule has 0 spiro atoms. The van der Waals surface area contributed by atoms with Gasteiger partial charge in [0.25, 0.3) is 0 Å². The molecule has 1 heterocycles. The van der Waals surface area contributed by atoms with Crippen LogP contribution in [0.25, 0.3) is 0 Å². The van der Waals surface area contributed by atoms with E-state index in [0.717, 1.165) is 4.57 Å². The van der Waals surface area contributed by atoms with Gasteiger partial charge in [-0.15, -0.1) is 0 Å². The van der Waals surface area contributed by atoms with Crippen molar-refractivity contribution in [2.75, 3.05) is 26.7 Å². The summed E-state index contributed by atoms with van der Waals surface area (Å²) in [6, 6.07) is 0. The van der Waals surface area contributed by atoms with Gasteiger partial charge in [0, 0.05) is 51.5 Å². The van der Waals surface area contributed by atoms with Crippen molar-refractivity contribution in [1.82, 2.24) is 25.1 Å². The van der Waals surface area contributed by atoms with Gasteiger partial charge in [0.1, 0.15) is 5.82 Å². The average Bonchev–Trinajstić information content (AvgIpc) is 2.97. The summed E-state index contributed by atoms with van der Waals surface area (Å²) in [5.74, 6) is -0.477. The van der Waals surface area contributed by atoms with Crippen LogP contribution < -0.4 is 10.6 Å². The Morgan fingerprint density at radius 1 is 1.34 bits per heavy atom. The lowest BCUT2D eigenvalue weighted by Gasteiger charge is -2.30. The second-order valence-electron chi connectivity index (χ2n) is 7.86. The maximum absolute atomic E-state index is 13.6. The van der Waals surface area contributed by atoms with Crippen molar-refractivity contribution in [2.45, 2.75) is 51.4 Å². The Hall–Kier alpha value is -2.30. The van der Waals surface area contributed by atoms with Crippen LogP contribution in [-0.4, -0.2) is 69.8 Å². The second-order valence-corrected chi connectivity index (χ2v) is 7.86. The molecule has 0 fully saturated rings. The molecule has 1 atom stereocenters. The van der Waals surface area contributed by atoms with Crippen molar-refractivity contribution in [3.63, 3.8) is 0 Å². The van der Waals surface area contributed by atoms with Gasteiger partial charge in [-0.2, -0.15) is 13.2 Å². The molecule has 166 valence electrons. The summed E-state index contributed by atoms with van der Waals surface area (Å²) in [7, 11) is 2.99. The number of alkyl halides is 3. The highest BCUT2D eigenvalue weighted by Crippen LogP contribution is 2.40. The number of amides is 1. The average molecular weight is 420 g/mol. The molecular formula is C18H31F3N6O2. The van der Waals surface area contributed by atoms with Crippen LogP contribution in [0.2, 0.25) is 0 Å². The van der Waals surface area contributed by atoms with Gasteiger partial charge in [-0.25, -0.2) is 4.98 Å². The Morgan fingerprint density at radius 3 is 2.41 bits per heavy atom. The minimum atomic E-state index is -4.92. The minimum absolute atomic E-state index is 0.0218. The number of aliphatic imine (C=N–C) groups is 1. The molecule has 1 amide bonds. The Labute approximate surface area is 169 Å². The maximum atomic E-state index is 13.6. The highest BCUT2D eigenvalue weighted by atomic mass is 19.4. The van der Waals surface area contributed by atoms with E-state index in [-0.39, 0.29) is 25.0 Å². The third-order valence-electron chi connectivity index (χ3n) is 3.99. The number of aliphatic hydroxyl groups is 1. The van der Waals surface area contributed by atoms with Crippen LogP contribution in [-0.2, 0) is 17.4 Å². The van der Waals surface area contributed by atoms with Crippen molar-refractivity contribution >= 4 is 11.9 Å². The summed E-state index contributed by atoms with van der Waals surface area (Å²) in [6.45, 7) is 7.47. The number of nitrogens with one attached hydrogen (secondary N) is 2. The molecule has 1 rings (SSSR count). The third-order valence-corrected chi connectivity index (χ3v) is 3.99. The first-order valence-corrected chi connectivity index (χ1v) is 9.28. The number of aromatic nitrogens is 2. The fourth-order valence-corrected chi connectivity index (χ4v) is 2.69. The van der Waals surface area contributed by atoms with E-state index >= 15 is 0 Å². The van der Waals surface area contributed by atoms with Gasteiger partial charge < -0.3 is 25.2 Å². The summed E-state index contributed by atoms with van der Waals surface area (Å²) in [6.07, 6.45) is -3.10. The molecule has 1 aromatic heterocycles. The molecule has 11 heteroatoms. The molecular weight excluding hydrogens is 389 g/mol. The molecule has 0 bridgehead atoms. The number of likely N-dealkylation sites (N-methyl/N-ethyl adjacent to an activating group) is 1. The molecule has 0 aromatic carbocycles. The quantitative estimate of drug-likeness (QED) is 0.458. The fourth-order valence-electron chi connectivity index (χ4n) is 2.69. The van der Waals surface area contributed by atoms with Crippen molar-refractivity contribution in [2.24, 2.45) is 12.0 Å². The van der Waals surface area contributed by atoms with Gasteiger partial charge in [0.15, 0.2) is 5.96 Å². The van der Waals surface area contributed by atoms with Crippen molar-refractivity contribution in [3.05, 3.63) is 18.2 Å². The molecule has 29 heavy (non-hydrogen) atoms. The van der Waals surface area contributed by atoms with E-state index < -0.39 is 29.6 Å². The first-order valence-electron chi connectivity index (χ1n) is 9.28. The molecule has 1 unspecified atom stereocenters. The molecule has 8 nitrogen and oxygen atoms in total. The van der Waals surface area contributed by atoms with E-state index in [9.17, 15) is 23.1 Å². The molecule has 1 aromatic rings. The van der Waals surface area contributed by atoms with Crippen LogP contribution in [0.4, 0.5) is 13.2 Å². The number of imidazole rings is 1. The number of hydrogen-bond donors (Lipinski definition) is 3. The number of carbonyl (C=O) groups is 1. The van der Waals surface area contributed by atoms with Crippen LogP contribution in [0.3, 0.4) is 0 Å². The summed E-state index contributed by atoms with van der Waals surface area (Å²) < 4.78 is 41.9. The van der Waals surface area contributed by atoms with Crippen LogP contribution >= 0.6 is 0 Å². The molecule has 0 aliphatic rings. The van der Waals surface area contributed by atoms with Gasteiger partial charge >= 0.3 is 6.18 Å². The molecule has 0 radical (unpaired) electrons. The third kappa shape index (κ3) is 6.91. The number of halogens is 3. The lowest BCUT2D eigenvalue weighted by molar-refractivity contribution is -0.272. The zero-order valence-electron chi connectivity index (χ0n) is 17.8. The zero-order valence-corrected chi connectivity index (χ0v) is 17.8. The molecule has 0 aliphatic heterocycles. The van der Waals surface area contributed by atoms with Gasteiger partial charge in [0.05, 0.1) is 6.54 Å². The number of aryl methyl sites for hydroxylation is 1. The highest BCUT2D eigenvalue weighted by molar-refractivity contribution is 5.86. The Balaban J connectivity index is 2.94. The first kappa shape index (κ1) is 24.7. The van der Waals surface area contributed by atoms with Crippen LogP contribution in [0.1, 0.15) is 39.9 Å². The predicted molar refractivity (Wildman–Crippen MR) is 104 cm³/mol. The summed E-state index contributed by atoms with van der Waals surface area (Å²) >= 11 is 0. The second kappa shape index (κ2) is 9.47. The van der Waals surface area contributed by atoms with Crippen molar-refractivity contribution in [1.29, 1.82) is 0 Å². The lowest BCUT2D eigenvalue weighted by Crippen LogP contribution is -2.49. The van der Waals surface area contributed by atoms with Gasteiger partial charge in [-0.3, -0.25) is 9.79 Å². The number of rotatable bonds is 7.